The lowest BCUT2D eigenvalue weighted by molar-refractivity contribution is -0.143. The number of ether oxygens (including phenoxy) is 3. The lowest BCUT2D eigenvalue weighted by Crippen LogP contribution is -2.27. The van der Waals surface area contributed by atoms with Gasteiger partial charge in [-0.15, -0.1) is 0 Å². The smallest absolute Gasteiger partial charge is 0.331 e. The fraction of sp³-hybridized carbons (Fsp3) is 0.167. The van der Waals surface area contributed by atoms with Crippen molar-refractivity contribution in [3.05, 3.63) is 77.0 Å². The zero-order valence-electron chi connectivity index (χ0n) is 17.6. The Morgan fingerprint density at radius 2 is 1.75 bits per heavy atom. The molecule has 3 aromatic rings. The second kappa shape index (κ2) is 11.1. The highest BCUT2D eigenvalue weighted by atomic mass is 35.5. The fourth-order valence-electron chi connectivity index (χ4n) is 2.78. The molecule has 8 heteroatoms. The first-order chi connectivity index (χ1) is 15.5. The molecule has 0 unspecified atom stereocenters. The van der Waals surface area contributed by atoms with Crippen molar-refractivity contribution in [2.75, 3.05) is 20.8 Å². The summed E-state index contributed by atoms with van der Waals surface area (Å²) in [5.74, 6) is 1.28. The predicted octanol–water partition coefficient (Wildman–Crippen LogP) is 4.49. The summed E-state index contributed by atoms with van der Waals surface area (Å²) in [4.78, 5) is 23.8. The van der Waals surface area contributed by atoms with Crippen molar-refractivity contribution in [1.29, 1.82) is 0 Å². The van der Waals surface area contributed by atoms with E-state index in [1.165, 1.54) is 13.2 Å². The van der Waals surface area contributed by atoms with Crippen LogP contribution in [0.4, 0.5) is 0 Å². The SMILES string of the molecule is COc1ccc(/C=C/C(=O)OCC(=O)NCc2ccc(-c3ccc(Cl)cc3)o2)cc1OC. The van der Waals surface area contributed by atoms with Gasteiger partial charge in [-0.2, -0.15) is 0 Å². The molecule has 1 aromatic heterocycles. The lowest BCUT2D eigenvalue weighted by atomic mass is 10.2. The maximum absolute atomic E-state index is 12.0. The highest BCUT2D eigenvalue weighted by Crippen LogP contribution is 2.28. The van der Waals surface area contributed by atoms with Crippen molar-refractivity contribution in [1.82, 2.24) is 5.32 Å². The molecule has 3 rings (SSSR count). The number of rotatable bonds is 9. The van der Waals surface area contributed by atoms with Crippen molar-refractivity contribution < 1.29 is 28.2 Å². The third-order valence-corrected chi connectivity index (χ3v) is 4.67. The van der Waals surface area contributed by atoms with Crippen LogP contribution in [0.2, 0.25) is 5.02 Å². The average molecular weight is 456 g/mol. The summed E-state index contributed by atoms with van der Waals surface area (Å²) in [6.45, 7) is -0.231. The molecule has 0 radical (unpaired) electrons. The molecule has 0 saturated carbocycles. The van der Waals surface area contributed by atoms with Gasteiger partial charge in [-0.25, -0.2) is 4.79 Å². The highest BCUT2D eigenvalue weighted by molar-refractivity contribution is 6.30. The largest absolute Gasteiger partial charge is 0.493 e. The van der Waals surface area contributed by atoms with Gasteiger partial charge in [0.25, 0.3) is 5.91 Å². The van der Waals surface area contributed by atoms with Gasteiger partial charge in [0, 0.05) is 16.7 Å². The number of carbonyl (C=O) groups excluding carboxylic acids is 2. The van der Waals surface area contributed by atoms with Crippen LogP contribution in [-0.2, 0) is 20.9 Å². The van der Waals surface area contributed by atoms with Crippen LogP contribution in [0.1, 0.15) is 11.3 Å². The maximum Gasteiger partial charge on any atom is 0.331 e. The Hall–Kier alpha value is -3.71. The molecule has 1 heterocycles. The fourth-order valence-corrected chi connectivity index (χ4v) is 2.91. The molecular weight excluding hydrogens is 434 g/mol. The molecule has 0 bridgehead atoms. The van der Waals surface area contributed by atoms with Crippen LogP contribution in [0, 0.1) is 0 Å². The Morgan fingerprint density at radius 3 is 2.47 bits per heavy atom. The molecule has 0 fully saturated rings. The van der Waals surface area contributed by atoms with Crippen molar-refractivity contribution in [3.63, 3.8) is 0 Å². The molecular formula is C24H22ClNO6. The average Bonchev–Trinajstić information content (AvgIpc) is 3.29. The molecule has 0 aliphatic carbocycles. The van der Waals surface area contributed by atoms with Gasteiger partial charge in [0.15, 0.2) is 18.1 Å². The summed E-state index contributed by atoms with van der Waals surface area (Å²) in [6, 6.07) is 16.0. The number of hydrogen-bond acceptors (Lipinski definition) is 6. The number of hydrogen-bond donors (Lipinski definition) is 1. The van der Waals surface area contributed by atoms with Gasteiger partial charge in [0.1, 0.15) is 11.5 Å². The minimum atomic E-state index is -0.641. The summed E-state index contributed by atoms with van der Waals surface area (Å²) in [6.07, 6.45) is 2.79. The molecule has 2 aromatic carbocycles. The van der Waals surface area contributed by atoms with Gasteiger partial charge >= 0.3 is 5.97 Å². The number of nitrogens with one attached hydrogen (secondary N) is 1. The molecule has 7 nitrogen and oxygen atoms in total. The first-order valence-electron chi connectivity index (χ1n) is 9.66. The van der Waals surface area contributed by atoms with Gasteiger partial charge < -0.3 is 23.9 Å². The van der Waals surface area contributed by atoms with Crippen molar-refractivity contribution in [2.24, 2.45) is 0 Å². The monoisotopic (exact) mass is 455 g/mol. The van der Waals surface area contributed by atoms with Crippen LogP contribution in [-0.4, -0.2) is 32.7 Å². The Balaban J connectivity index is 1.44. The van der Waals surface area contributed by atoms with Gasteiger partial charge in [-0.1, -0.05) is 17.7 Å². The molecule has 0 aliphatic heterocycles. The standard InChI is InChI=1S/C24H22ClNO6/c1-29-21-10-3-16(13-22(21)30-2)4-12-24(28)31-15-23(27)26-14-19-9-11-20(32-19)17-5-7-18(25)8-6-17/h3-13H,14-15H2,1-2H3,(H,26,27)/b12-4+. The predicted molar refractivity (Wildman–Crippen MR) is 121 cm³/mol. The van der Waals surface area contributed by atoms with Crippen LogP contribution < -0.4 is 14.8 Å². The van der Waals surface area contributed by atoms with Crippen LogP contribution in [0.5, 0.6) is 11.5 Å². The van der Waals surface area contributed by atoms with Gasteiger partial charge in [0.2, 0.25) is 0 Å². The van der Waals surface area contributed by atoms with E-state index in [2.05, 4.69) is 5.32 Å². The van der Waals surface area contributed by atoms with Gasteiger partial charge in [0.05, 0.1) is 20.8 Å². The highest BCUT2D eigenvalue weighted by Gasteiger charge is 2.09. The van der Waals surface area contributed by atoms with E-state index in [0.29, 0.717) is 28.0 Å². The number of benzene rings is 2. The lowest BCUT2D eigenvalue weighted by Gasteiger charge is -2.07. The second-order valence-corrected chi connectivity index (χ2v) is 7.04. The van der Waals surface area contributed by atoms with Crippen LogP contribution >= 0.6 is 11.6 Å². The molecule has 166 valence electrons. The van der Waals surface area contributed by atoms with E-state index in [9.17, 15) is 9.59 Å². The molecule has 32 heavy (non-hydrogen) atoms. The Labute approximate surface area is 190 Å². The second-order valence-electron chi connectivity index (χ2n) is 6.61. The molecule has 0 saturated heterocycles. The van der Waals surface area contributed by atoms with Crippen LogP contribution in [0.3, 0.4) is 0 Å². The Bertz CT molecular complexity index is 1100. The Kier molecular flexibility index (Phi) is 7.94. The summed E-state index contributed by atoms with van der Waals surface area (Å²) >= 11 is 5.89. The summed E-state index contributed by atoms with van der Waals surface area (Å²) in [5.41, 5.74) is 1.60. The number of methoxy groups -OCH3 is 2. The minimum Gasteiger partial charge on any atom is -0.493 e. The van der Waals surface area contributed by atoms with E-state index in [0.717, 1.165) is 11.1 Å². The number of furan rings is 1. The zero-order valence-corrected chi connectivity index (χ0v) is 18.3. The Morgan fingerprint density at radius 1 is 1.00 bits per heavy atom. The van der Waals surface area contributed by atoms with Crippen molar-refractivity contribution >= 4 is 29.6 Å². The van der Waals surface area contributed by atoms with E-state index >= 15 is 0 Å². The van der Waals surface area contributed by atoms with Crippen LogP contribution in [0.15, 0.2) is 65.1 Å². The number of esters is 1. The van der Waals surface area contributed by atoms with E-state index < -0.39 is 18.5 Å². The molecule has 0 spiro atoms. The summed E-state index contributed by atoms with van der Waals surface area (Å²) in [5, 5.41) is 3.28. The minimum absolute atomic E-state index is 0.172. The van der Waals surface area contributed by atoms with E-state index in [1.54, 1.807) is 49.6 Å². The van der Waals surface area contributed by atoms with Gasteiger partial charge in [-0.05, 0) is 60.2 Å². The van der Waals surface area contributed by atoms with E-state index in [1.807, 2.05) is 18.2 Å². The first kappa shape index (κ1) is 23.0. The van der Waals surface area contributed by atoms with Crippen molar-refractivity contribution in [3.8, 4) is 22.8 Å². The number of amides is 1. The number of carbonyl (C=O) groups is 2. The zero-order chi connectivity index (χ0) is 22.9. The van der Waals surface area contributed by atoms with Crippen molar-refractivity contribution in [2.45, 2.75) is 6.54 Å². The molecule has 1 N–H and O–H groups in total. The third kappa shape index (κ3) is 6.39. The normalized spacial score (nSPS) is 10.7. The topological polar surface area (TPSA) is 87.0 Å². The van der Waals surface area contributed by atoms with Gasteiger partial charge in [-0.3, -0.25) is 4.79 Å². The number of halogens is 1. The molecule has 1 amide bonds. The van der Waals surface area contributed by atoms with E-state index in [4.69, 9.17) is 30.2 Å². The third-order valence-electron chi connectivity index (χ3n) is 4.42. The molecule has 0 aliphatic rings. The quantitative estimate of drug-likeness (QED) is 0.378. The summed E-state index contributed by atoms with van der Waals surface area (Å²) in [7, 11) is 3.07. The van der Waals surface area contributed by atoms with Crippen LogP contribution in [0.25, 0.3) is 17.4 Å². The summed E-state index contributed by atoms with van der Waals surface area (Å²) < 4.78 is 21.1. The molecule has 0 atom stereocenters. The maximum atomic E-state index is 12.0. The first-order valence-corrected chi connectivity index (χ1v) is 10.0. The van der Waals surface area contributed by atoms with E-state index in [-0.39, 0.29) is 6.54 Å².